The first-order valence-corrected chi connectivity index (χ1v) is 5.35. The van der Waals surface area contributed by atoms with Crippen LogP contribution >= 0.6 is 0 Å². The molecule has 1 amide bonds. The maximum atomic E-state index is 11.4. The fourth-order valence-corrected chi connectivity index (χ4v) is 1.87. The maximum Gasteiger partial charge on any atom is 0.245 e. The van der Waals surface area contributed by atoms with Crippen molar-refractivity contribution in [3.8, 4) is 0 Å². The molecular formula is C10H20N2O3. The number of hydrogen-bond donors (Lipinski definition) is 2. The third-order valence-corrected chi connectivity index (χ3v) is 2.69. The molecule has 5 nitrogen and oxygen atoms in total. The van der Waals surface area contributed by atoms with Gasteiger partial charge >= 0.3 is 0 Å². The van der Waals surface area contributed by atoms with Crippen LogP contribution in [-0.4, -0.2) is 31.8 Å². The van der Waals surface area contributed by atoms with Crippen LogP contribution in [0.15, 0.2) is 0 Å². The average Bonchev–Trinajstić information content (AvgIpc) is 2.59. The van der Waals surface area contributed by atoms with Gasteiger partial charge in [-0.05, 0) is 12.8 Å². The van der Waals surface area contributed by atoms with Crippen LogP contribution in [0.25, 0.3) is 0 Å². The molecule has 0 aromatic carbocycles. The molecule has 0 saturated heterocycles. The van der Waals surface area contributed by atoms with E-state index in [1.54, 1.807) is 7.11 Å². The van der Waals surface area contributed by atoms with E-state index in [0.29, 0.717) is 19.6 Å². The van der Waals surface area contributed by atoms with E-state index in [-0.39, 0.29) is 11.4 Å². The van der Waals surface area contributed by atoms with Gasteiger partial charge in [-0.1, -0.05) is 12.8 Å². The number of rotatable bonds is 6. The second-order valence-electron chi connectivity index (χ2n) is 4.11. The molecule has 0 atom stereocenters. The SMILES string of the molecule is COCCONC(=O)CC1(N)CCCC1. The molecule has 5 heteroatoms. The molecule has 0 spiro atoms. The van der Waals surface area contributed by atoms with Crippen LogP contribution in [0.1, 0.15) is 32.1 Å². The molecule has 0 bridgehead atoms. The highest BCUT2D eigenvalue weighted by Gasteiger charge is 2.31. The van der Waals surface area contributed by atoms with Crippen LogP contribution in [0, 0.1) is 0 Å². The van der Waals surface area contributed by atoms with Crippen molar-refractivity contribution >= 4 is 5.91 Å². The Kier molecular flexibility index (Phi) is 5.01. The van der Waals surface area contributed by atoms with Crippen LogP contribution in [0.2, 0.25) is 0 Å². The predicted octanol–water partition coefficient (Wildman–Crippen LogP) is 0.342. The highest BCUT2D eigenvalue weighted by atomic mass is 16.7. The summed E-state index contributed by atoms with van der Waals surface area (Å²) < 4.78 is 4.78. The molecule has 0 radical (unpaired) electrons. The summed E-state index contributed by atoms with van der Waals surface area (Å²) in [7, 11) is 1.58. The summed E-state index contributed by atoms with van der Waals surface area (Å²) in [5.41, 5.74) is 8.11. The summed E-state index contributed by atoms with van der Waals surface area (Å²) in [6.45, 7) is 0.827. The molecule has 1 rings (SSSR count). The zero-order chi connectivity index (χ0) is 11.1. The van der Waals surface area contributed by atoms with Gasteiger partial charge in [-0.25, -0.2) is 5.48 Å². The van der Waals surface area contributed by atoms with E-state index in [9.17, 15) is 4.79 Å². The quantitative estimate of drug-likeness (QED) is 0.496. The molecular weight excluding hydrogens is 196 g/mol. The van der Waals surface area contributed by atoms with Gasteiger partial charge in [0.2, 0.25) is 5.91 Å². The second kappa shape index (κ2) is 6.05. The van der Waals surface area contributed by atoms with Crippen LogP contribution in [-0.2, 0) is 14.4 Å². The fourth-order valence-electron chi connectivity index (χ4n) is 1.87. The smallest absolute Gasteiger partial charge is 0.245 e. The Morgan fingerprint density at radius 3 is 2.67 bits per heavy atom. The number of nitrogens with two attached hydrogens (primary N) is 1. The van der Waals surface area contributed by atoms with Gasteiger partial charge in [0.1, 0.15) is 0 Å². The topological polar surface area (TPSA) is 73.6 Å². The van der Waals surface area contributed by atoms with E-state index in [2.05, 4.69) is 5.48 Å². The molecule has 0 unspecified atom stereocenters. The van der Waals surface area contributed by atoms with Gasteiger partial charge in [0, 0.05) is 19.1 Å². The lowest BCUT2D eigenvalue weighted by molar-refractivity contribution is -0.135. The molecule has 0 aliphatic heterocycles. The van der Waals surface area contributed by atoms with E-state index in [0.717, 1.165) is 25.7 Å². The number of carbonyl (C=O) groups is 1. The highest BCUT2D eigenvalue weighted by Crippen LogP contribution is 2.29. The van der Waals surface area contributed by atoms with Gasteiger partial charge in [0.25, 0.3) is 0 Å². The lowest BCUT2D eigenvalue weighted by Crippen LogP contribution is -2.42. The van der Waals surface area contributed by atoms with E-state index >= 15 is 0 Å². The normalized spacial score (nSPS) is 19.1. The molecule has 3 N–H and O–H groups in total. The monoisotopic (exact) mass is 216 g/mol. The van der Waals surface area contributed by atoms with E-state index in [1.807, 2.05) is 0 Å². The standard InChI is InChI=1S/C10H20N2O3/c1-14-6-7-15-12-9(13)8-10(11)4-2-3-5-10/h2-8,11H2,1H3,(H,12,13). The number of nitrogens with one attached hydrogen (secondary N) is 1. The third-order valence-electron chi connectivity index (χ3n) is 2.69. The van der Waals surface area contributed by atoms with Crippen LogP contribution < -0.4 is 11.2 Å². The Labute approximate surface area is 90.3 Å². The maximum absolute atomic E-state index is 11.4. The Hall–Kier alpha value is -0.650. The van der Waals surface area contributed by atoms with Gasteiger partial charge in [-0.3, -0.25) is 9.63 Å². The van der Waals surface area contributed by atoms with Gasteiger partial charge < -0.3 is 10.5 Å². The molecule has 1 saturated carbocycles. The van der Waals surface area contributed by atoms with Crippen molar-refractivity contribution < 1.29 is 14.4 Å². The number of carbonyl (C=O) groups excluding carboxylic acids is 1. The third kappa shape index (κ3) is 4.59. The van der Waals surface area contributed by atoms with Crippen molar-refractivity contribution in [3.63, 3.8) is 0 Å². The molecule has 1 aliphatic carbocycles. The lowest BCUT2D eigenvalue weighted by atomic mass is 9.95. The van der Waals surface area contributed by atoms with Crippen molar-refractivity contribution in [1.82, 2.24) is 5.48 Å². The summed E-state index contributed by atoms with van der Waals surface area (Å²) in [5.74, 6) is -0.143. The Morgan fingerprint density at radius 2 is 2.07 bits per heavy atom. The average molecular weight is 216 g/mol. The number of amides is 1. The van der Waals surface area contributed by atoms with Gasteiger partial charge in [0.15, 0.2) is 0 Å². The fraction of sp³-hybridized carbons (Fsp3) is 0.900. The van der Waals surface area contributed by atoms with Crippen molar-refractivity contribution in [2.75, 3.05) is 20.3 Å². The number of hydroxylamine groups is 1. The Bertz CT molecular complexity index is 203. The lowest BCUT2D eigenvalue weighted by Gasteiger charge is -2.22. The second-order valence-corrected chi connectivity index (χ2v) is 4.11. The number of ether oxygens (including phenoxy) is 1. The first-order valence-electron chi connectivity index (χ1n) is 5.35. The van der Waals surface area contributed by atoms with Gasteiger partial charge in [0.05, 0.1) is 13.2 Å². The highest BCUT2D eigenvalue weighted by molar-refractivity contribution is 5.76. The van der Waals surface area contributed by atoms with Crippen LogP contribution in [0.3, 0.4) is 0 Å². The minimum absolute atomic E-state index is 0.143. The minimum Gasteiger partial charge on any atom is -0.382 e. The van der Waals surface area contributed by atoms with Gasteiger partial charge in [-0.15, -0.1) is 0 Å². The zero-order valence-electron chi connectivity index (χ0n) is 9.25. The van der Waals surface area contributed by atoms with Crippen molar-refractivity contribution in [2.45, 2.75) is 37.6 Å². The van der Waals surface area contributed by atoms with E-state index < -0.39 is 0 Å². The molecule has 15 heavy (non-hydrogen) atoms. The predicted molar refractivity (Wildman–Crippen MR) is 56.0 cm³/mol. The zero-order valence-corrected chi connectivity index (χ0v) is 9.25. The summed E-state index contributed by atoms with van der Waals surface area (Å²) in [6.07, 6.45) is 4.44. The number of methoxy groups -OCH3 is 1. The molecule has 0 aromatic rings. The van der Waals surface area contributed by atoms with E-state index in [1.165, 1.54) is 0 Å². The summed E-state index contributed by atoms with van der Waals surface area (Å²) in [5, 5.41) is 0. The first-order chi connectivity index (χ1) is 7.16. The Balaban J connectivity index is 2.12. The number of hydrogen-bond acceptors (Lipinski definition) is 4. The summed E-state index contributed by atoms with van der Waals surface area (Å²) in [6, 6.07) is 0. The molecule has 88 valence electrons. The largest absolute Gasteiger partial charge is 0.382 e. The minimum atomic E-state index is -0.311. The van der Waals surface area contributed by atoms with Crippen LogP contribution in [0.5, 0.6) is 0 Å². The first kappa shape index (κ1) is 12.4. The molecule has 0 aromatic heterocycles. The Morgan fingerprint density at radius 1 is 1.40 bits per heavy atom. The molecule has 0 heterocycles. The molecule has 1 fully saturated rings. The van der Waals surface area contributed by atoms with Gasteiger partial charge in [-0.2, -0.15) is 0 Å². The molecule has 1 aliphatic rings. The van der Waals surface area contributed by atoms with Crippen LogP contribution in [0.4, 0.5) is 0 Å². The van der Waals surface area contributed by atoms with Crippen molar-refractivity contribution in [2.24, 2.45) is 5.73 Å². The van der Waals surface area contributed by atoms with Crippen molar-refractivity contribution in [3.05, 3.63) is 0 Å². The van der Waals surface area contributed by atoms with E-state index in [4.69, 9.17) is 15.3 Å². The summed E-state index contributed by atoms with van der Waals surface area (Å²) in [4.78, 5) is 16.3. The van der Waals surface area contributed by atoms with Crippen molar-refractivity contribution in [1.29, 1.82) is 0 Å². The summed E-state index contributed by atoms with van der Waals surface area (Å²) >= 11 is 0.